The molecule has 2 N–H and O–H groups in total. The number of halogens is 3. The molecular weight excluding hydrogens is 442 g/mol. The van der Waals surface area contributed by atoms with Crippen molar-refractivity contribution in [2.45, 2.75) is 19.0 Å². The van der Waals surface area contributed by atoms with E-state index in [1.807, 2.05) is 25.2 Å². The van der Waals surface area contributed by atoms with Gasteiger partial charge in [-0.1, -0.05) is 6.07 Å². The van der Waals surface area contributed by atoms with Gasteiger partial charge in [0.1, 0.15) is 11.6 Å². The van der Waals surface area contributed by atoms with E-state index in [0.29, 0.717) is 17.7 Å². The minimum atomic E-state index is -0.641. The molecule has 0 saturated heterocycles. The van der Waals surface area contributed by atoms with E-state index in [9.17, 15) is 13.6 Å². The first-order valence-electron chi connectivity index (χ1n) is 9.14. The van der Waals surface area contributed by atoms with Crippen molar-refractivity contribution in [2.75, 3.05) is 6.54 Å². The maximum Gasteiger partial charge on any atom is 0.254 e. The van der Waals surface area contributed by atoms with Crippen LogP contribution in [-0.2, 0) is 20.0 Å². The normalized spacial score (nSPS) is 14.4. The molecule has 2 aromatic carbocycles. The smallest absolute Gasteiger partial charge is 0.254 e. The quantitative estimate of drug-likeness (QED) is 0.631. The number of carbonyl (C=O) groups excluding carboxylic acids is 1. The monoisotopic (exact) mass is 460 g/mol. The van der Waals surface area contributed by atoms with Gasteiger partial charge in [0.25, 0.3) is 5.91 Å². The van der Waals surface area contributed by atoms with E-state index in [2.05, 4.69) is 21.0 Å². The van der Waals surface area contributed by atoms with Crippen LogP contribution in [0.1, 0.15) is 21.5 Å². The zero-order chi connectivity index (χ0) is 20.7. The van der Waals surface area contributed by atoms with Crippen LogP contribution < -0.4 is 5.73 Å². The van der Waals surface area contributed by atoms with Crippen molar-refractivity contribution in [1.82, 2.24) is 14.7 Å². The van der Waals surface area contributed by atoms with Gasteiger partial charge >= 0.3 is 0 Å². The molecule has 1 unspecified atom stereocenters. The number of carbonyl (C=O) groups is 1. The highest BCUT2D eigenvalue weighted by Gasteiger charge is 2.32. The lowest BCUT2D eigenvalue weighted by atomic mass is 10.0. The fraction of sp³-hybridized carbons (Fsp3) is 0.238. The summed E-state index contributed by atoms with van der Waals surface area (Å²) in [5.41, 5.74) is 9.78. The third-order valence-electron chi connectivity index (χ3n) is 5.21. The Labute approximate surface area is 175 Å². The van der Waals surface area contributed by atoms with Crippen molar-refractivity contribution in [3.05, 3.63) is 75.4 Å². The Kier molecular flexibility index (Phi) is 5.23. The molecule has 2 heterocycles. The second-order valence-electron chi connectivity index (χ2n) is 7.14. The van der Waals surface area contributed by atoms with Crippen molar-refractivity contribution in [3.8, 4) is 11.3 Å². The summed E-state index contributed by atoms with van der Waals surface area (Å²) in [6.45, 7) is 0.592. The summed E-state index contributed by atoms with van der Waals surface area (Å²) in [7, 11) is 1.85. The average molecular weight is 461 g/mol. The number of rotatable bonds is 5. The van der Waals surface area contributed by atoms with Crippen LogP contribution in [-0.4, -0.2) is 33.2 Å². The van der Waals surface area contributed by atoms with Gasteiger partial charge in [0.2, 0.25) is 0 Å². The lowest BCUT2D eigenvalue weighted by Crippen LogP contribution is -2.42. The molecule has 0 spiro atoms. The van der Waals surface area contributed by atoms with Crippen LogP contribution in [0, 0.1) is 11.6 Å². The molecule has 0 radical (unpaired) electrons. The van der Waals surface area contributed by atoms with Crippen molar-refractivity contribution in [2.24, 2.45) is 12.8 Å². The Morgan fingerprint density at radius 1 is 1.21 bits per heavy atom. The molecule has 0 fully saturated rings. The third-order valence-corrected chi connectivity index (χ3v) is 5.79. The van der Waals surface area contributed by atoms with Crippen LogP contribution >= 0.6 is 15.9 Å². The largest absolute Gasteiger partial charge is 0.330 e. The summed E-state index contributed by atoms with van der Waals surface area (Å²) in [6, 6.07) is 8.70. The minimum absolute atomic E-state index is 0.122. The van der Waals surface area contributed by atoms with Gasteiger partial charge in [-0.25, -0.2) is 8.78 Å². The molecule has 1 aliphatic heterocycles. The van der Waals surface area contributed by atoms with Crippen molar-refractivity contribution in [3.63, 3.8) is 0 Å². The number of aromatic nitrogens is 2. The van der Waals surface area contributed by atoms with Gasteiger partial charge in [0.05, 0.1) is 16.4 Å². The topological polar surface area (TPSA) is 64.2 Å². The van der Waals surface area contributed by atoms with Gasteiger partial charge in [-0.15, -0.1) is 0 Å². The fourth-order valence-corrected chi connectivity index (χ4v) is 4.42. The van der Waals surface area contributed by atoms with Crippen molar-refractivity contribution in [1.29, 1.82) is 0 Å². The van der Waals surface area contributed by atoms with Crippen LogP contribution in [0.25, 0.3) is 11.3 Å². The summed E-state index contributed by atoms with van der Waals surface area (Å²) in [5.74, 6) is -1.40. The maximum absolute atomic E-state index is 13.5. The number of hydrogen-bond acceptors (Lipinski definition) is 3. The second kappa shape index (κ2) is 7.68. The van der Waals surface area contributed by atoms with Gasteiger partial charge in [-0.2, -0.15) is 5.10 Å². The summed E-state index contributed by atoms with van der Waals surface area (Å²) in [5, 5.41) is 4.23. The SMILES string of the molecule is Cn1ncc(Br)c1-c1ccc2c(c1)CN(C(CN)Cc1cc(F)cc(F)c1)C2=O. The first kappa shape index (κ1) is 19.7. The predicted molar refractivity (Wildman–Crippen MR) is 109 cm³/mol. The summed E-state index contributed by atoms with van der Waals surface area (Å²) >= 11 is 3.50. The molecule has 8 heteroatoms. The Hall–Kier alpha value is -2.58. The molecule has 1 atom stereocenters. The zero-order valence-electron chi connectivity index (χ0n) is 15.7. The maximum atomic E-state index is 13.5. The standard InChI is InChI=1S/C21H19BrF2N4O/c1-27-20(19(22)10-26-27)13-2-3-18-14(7-13)11-28(21(18)29)17(9-25)6-12-4-15(23)8-16(24)5-12/h2-5,7-8,10,17H,6,9,11,25H2,1H3. The molecular formula is C21H19BrF2N4O. The number of aryl methyl sites for hydroxylation is 1. The lowest BCUT2D eigenvalue weighted by Gasteiger charge is -2.26. The molecule has 4 rings (SSSR count). The van der Waals surface area contributed by atoms with E-state index in [1.165, 1.54) is 12.1 Å². The first-order chi connectivity index (χ1) is 13.9. The first-order valence-corrected chi connectivity index (χ1v) is 9.93. The highest BCUT2D eigenvalue weighted by molar-refractivity contribution is 9.10. The second-order valence-corrected chi connectivity index (χ2v) is 8.00. The van der Waals surface area contributed by atoms with Gasteiger partial charge in [0.15, 0.2) is 0 Å². The molecule has 5 nitrogen and oxygen atoms in total. The summed E-state index contributed by atoms with van der Waals surface area (Å²) in [6.07, 6.45) is 2.01. The summed E-state index contributed by atoms with van der Waals surface area (Å²) in [4.78, 5) is 14.6. The molecule has 150 valence electrons. The van der Waals surface area contributed by atoms with E-state index >= 15 is 0 Å². The van der Waals surface area contributed by atoms with Crippen LogP contribution in [0.5, 0.6) is 0 Å². The molecule has 1 amide bonds. The fourth-order valence-electron chi connectivity index (χ4n) is 3.84. The number of nitrogens with zero attached hydrogens (tertiary/aromatic N) is 3. The van der Waals surface area contributed by atoms with Gasteiger partial charge in [-0.05, 0) is 57.7 Å². The van der Waals surface area contributed by atoms with Crippen LogP contribution in [0.3, 0.4) is 0 Å². The predicted octanol–water partition coefficient (Wildman–Crippen LogP) is 3.65. The van der Waals surface area contributed by atoms with Crippen LogP contribution in [0.4, 0.5) is 8.78 Å². The number of fused-ring (bicyclic) bond motifs is 1. The number of nitrogens with two attached hydrogens (primary N) is 1. The third kappa shape index (κ3) is 3.70. The zero-order valence-corrected chi connectivity index (χ0v) is 17.3. The van der Waals surface area contributed by atoms with E-state index in [0.717, 1.165) is 27.4 Å². The Morgan fingerprint density at radius 3 is 2.55 bits per heavy atom. The van der Waals surface area contributed by atoms with Gasteiger partial charge in [-0.3, -0.25) is 9.48 Å². The van der Waals surface area contributed by atoms with Crippen LogP contribution in [0.2, 0.25) is 0 Å². The molecule has 0 saturated carbocycles. The van der Waals surface area contributed by atoms with E-state index < -0.39 is 11.6 Å². The lowest BCUT2D eigenvalue weighted by molar-refractivity contribution is 0.0708. The van der Waals surface area contributed by atoms with Gasteiger partial charge < -0.3 is 10.6 Å². The molecule has 0 aliphatic carbocycles. The van der Waals surface area contributed by atoms with Crippen molar-refractivity contribution < 1.29 is 13.6 Å². The highest BCUT2D eigenvalue weighted by Crippen LogP contribution is 2.33. The summed E-state index contributed by atoms with van der Waals surface area (Å²) < 4.78 is 29.7. The minimum Gasteiger partial charge on any atom is -0.330 e. The van der Waals surface area contributed by atoms with E-state index in [4.69, 9.17) is 5.73 Å². The molecule has 1 aromatic heterocycles. The van der Waals surface area contributed by atoms with Crippen LogP contribution in [0.15, 0.2) is 47.1 Å². The Morgan fingerprint density at radius 2 is 1.93 bits per heavy atom. The number of amides is 1. The van der Waals surface area contributed by atoms with Crippen molar-refractivity contribution >= 4 is 21.8 Å². The Bertz CT molecular complexity index is 1060. The van der Waals surface area contributed by atoms with E-state index in [-0.39, 0.29) is 24.9 Å². The highest BCUT2D eigenvalue weighted by atomic mass is 79.9. The number of benzene rings is 2. The van der Waals surface area contributed by atoms with Gasteiger partial charge in [0, 0.05) is 43.4 Å². The Balaban J connectivity index is 1.61. The average Bonchev–Trinajstić information content (AvgIpc) is 3.17. The number of hydrogen-bond donors (Lipinski definition) is 1. The molecule has 3 aromatic rings. The van der Waals surface area contributed by atoms with E-state index in [1.54, 1.807) is 15.8 Å². The molecule has 0 bridgehead atoms. The molecule has 29 heavy (non-hydrogen) atoms. The molecule has 1 aliphatic rings.